The van der Waals surface area contributed by atoms with Gasteiger partial charge in [-0.2, -0.15) is 0 Å². The highest BCUT2D eigenvalue weighted by Crippen LogP contribution is 2.34. The molecule has 1 unspecified atom stereocenters. The van der Waals surface area contributed by atoms with Gasteiger partial charge >= 0.3 is 13.6 Å². The number of carbonyl (C=O) groups is 1. The van der Waals surface area contributed by atoms with Gasteiger partial charge in [-0.1, -0.05) is 18.2 Å². The molecule has 6 nitrogen and oxygen atoms in total. The van der Waals surface area contributed by atoms with E-state index in [2.05, 4.69) is 5.09 Å². The average Bonchev–Trinajstić information content (AvgIpc) is 2.29. The second kappa shape index (κ2) is 6.54. The Morgan fingerprint density at radius 1 is 1.44 bits per heavy atom. The highest BCUT2D eigenvalue weighted by atomic mass is 31.2. The number of carbonyl (C=O) groups excluding carboxylic acids is 1. The second-order valence-electron chi connectivity index (χ2n) is 3.60. The number of para-hydroxylation sites is 1. The number of ether oxygens (including phenoxy) is 1. The Hall–Kier alpha value is -1.36. The first-order valence-electron chi connectivity index (χ1n) is 5.52. The van der Waals surface area contributed by atoms with E-state index in [4.69, 9.17) is 14.8 Å². The molecule has 7 heteroatoms. The molecule has 0 saturated carbocycles. The minimum absolute atomic E-state index is 0.249. The number of hydrogen-bond acceptors (Lipinski definition) is 4. The normalized spacial score (nSPS) is 15.5. The quantitative estimate of drug-likeness (QED) is 0.604. The molecule has 3 N–H and O–H groups in total. The first-order chi connectivity index (χ1) is 8.44. The van der Waals surface area contributed by atoms with Crippen molar-refractivity contribution in [2.45, 2.75) is 19.9 Å². The maximum atomic E-state index is 11.9. The first-order valence-corrected chi connectivity index (χ1v) is 7.21. The molecule has 0 radical (unpaired) electrons. The number of nitrogens with two attached hydrogens (primary N) is 1. The number of benzene rings is 1. The van der Waals surface area contributed by atoms with Crippen LogP contribution >= 0.6 is 7.67 Å². The molecule has 100 valence electrons. The van der Waals surface area contributed by atoms with Crippen LogP contribution in [0, 0.1) is 0 Å². The highest BCUT2D eigenvalue weighted by Gasteiger charge is 2.25. The maximum Gasteiger partial charge on any atom is 0.388 e. The predicted octanol–water partition coefficient (Wildman–Crippen LogP) is 1.67. The van der Waals surface area contributed by atoms with Gasteiger partial charge in [0.15, 0.2) is 0 Å². The summed E-state index contributed by atoms with van der Waals surface area (Å²) in [6.07, 6.45) is 0. The van der Waals surface area contributed by atoms with Gasteiger partial charge in [-0.15, -0.1) is 0 Å². The lowest BCUT2D eigenvalue weighted by Crippen LogP contribution is -2.36. The zero-order valence-electron chi connectivity index (χ0n) is 10.3. The zero-order chi connectivity index (χ0) is 13.6. The average molecular weight is 272 g/mol. The molecular formula is C11H17N2O4P. The van der Waals surface area contributed by atoms with E-state index in [1.165, 1.54) is 6.92 Å². The molecule has 0 saturated heterocycles. The zero-order valence-corrected chi connectivity index (χ0v) is 11.2. The number of hydrogen-bond donors (Lipinski definition) is 2. The number of rotatable bonds is 6. The molecular weight excluding hydrogens is 255 g/mol. The molecule has 1 aromatic rings. The van der Waals surface area contributed by atoms with Crippen LogP contribution in [0.3, 0.4) is 0 Å². The fourth-order valence-electron chi connectivity index (χ4n) is 1.25. The van der Waals surface area contributed by atoms with E-state index in [0.29, 0.717) is 5.75 Å². The van der Waals surface area contributed by atoms with Crippen molar-refractivity contribution in [1.29, 1.82) is 0 Å². The van der Waals surface area contributed by atoms with Crippen LogP contribution in [0.5, 0.6) is 5.75 Å². The third-order valence-corrected chi connectivity index (χ3v) is 3.23. The molecule has 0 spiro atoms. The topological polar surface area (TPSA) is 90.6 Å². The van der Waals surface area contributed by atoms with Crippen molar-refractivity contribution in [3.8, 4) is 5.75 Å². The van der Waals surface area contributed by atoms with E-state index in [9.17, 15) is 9.36 Å². The molecule has 0 aliphatic heterocycles. The van der Waals surface area contributed by atoms with Crippen molar-refractivity contribution >= 4 is 13.6 Å². The summed E-state index contributed by atoms with van der Waals surface area (Å²) < 4.78 is 21.8. The fraction of sp³-hybridized carbons (Fsp3) is 0.364. The van der Waals surface area contributed by atoms with E-state index in [0.717, 1.165) is 0 Å². The lowest BCUT2D eigenvalue weighted by Gasteiger charge is -2.19. The summed E-state index contributed by atoms with van der Waals surface area (Å²) in [5, 5.41) is 2.43. The Bertz CT molecular complexity index is 438. The van der Waals surface area contributed by atoms with Crippen molar-refractivity contribution in [1.82, 2.24) is 5.09 Å². The van der Waals surface area contributed by atoms with Crippen molar-refractivity contribution < 1.29 is 18.6 Å². The summed E-state index contributed by atoms with van der Waals surface area (Å²) in [4.78, 5) is 11.4. The molecule has 0 heterocycles. The van der Waals surface area contributed by atoms with Crippen LogP contribution in [0.25, 0.3) is 0 Å². The largest absolute Gasteiger partial charge is 0.465 e. The molecule has 18 heavy (non-hydrogen) atoms. The summed E-state index contributed by atoms with van der Waals surface area (Å²) in [6.45, 7) is 3.44. The van der Waals surface area contributed by atoms with Gasteiger partial charge in [0.05, 0.1) is 6.61 Å². The minimum atomic E-state index is -3.60. The molecule has 1 rings (SSSR count). The fourth-order valence-corrected chi connectivity index (χ4v) is 2.39. The van der Waals surface area contributed by atoms with Gasteiger partial charge in [0, 0.05) is 0 Å². The molecule has 0 aliphatic rings. The third-order valence-electron chi connectivity index (χ3n) is 2.00. The summed E-state index contributed by atoms with van der Waals surface area (Å²) >= 11 is 0. The van der Waals surface area contributed by atoms with Crippen LogP contribution in [0.4, 0.5) is 0 Å². The van der Waals surface area contributed by atoms with Crippen LogP contribution in [-0.4, -0.2) is 18.6 Å². The van der Waals surface area contributed by atoms with Crippen LogP contribution < -0.4 is 15.1 Å². The first kappa shape index (κ1) is 14.7. The standard InChI is InChI=1S/C11H17N2O4P/c1-3-16-11(14)9(2)13-18(12,15)17-10-7-5-4-6-8-10/h4-9H,3H2,1-2H3,(H3,12,13,15)/t9-,18?/m0/s1. The van der Waals surface area contributed by atoms with Gasteiger partial charge in [-0.05, 0) is 26.0 Å². The Balaban J connectivity index is 2.59. The Morgan fingerprint density at radius 2 is 2.06 bits per heavy atom. The molecule has 2 atom stereocenters. The van der Waals surface area contributed by atoms with E-state index in [1.807, 2.05) is 0 Å². The van der Waals surface area contributed by atoms with Gasteiger partial charge in [-0.3, -0.25) is 4.79 Å². The molecule has 0 fully saturated rings. The van der Waals surface area contributed by atoms with E-state index < -0.39 is 19.7 Å². The van der Waals surface area contributed by atoms with E-state index in [1.54, 1.807) is 37.3 Å². The smallest absolute Gasteiger partial charge is 0.388 e. The maximum absolute atomic E-state index is 11.9. The lowest BCUT2D eigenvalue weighted by molar-refractivity contribution is -0.144. The van der Waals surface area contributed by atoms with Crippen LogP contribution in [0.15, 0.2) is 30.3 Å². The SMILES string of the molecule is CCOC(=O)[C@H](C)NP(N)(=O)Oc1ccccc1. The summed E-state index contributed by atoms with van der Waals surface area (Å²) in [5.41, 5.74) is 5.50. The summed E-state index contributed by atoms with van der Waals surface area (Å²) in [7, 11) is -3.60. The summed E-state index contributed by atoms with van der Waals surface area (Å²) in [5.74, 6) is -0.160. The van der Waals surface area contributed by atoms with Crippen molar-refractivity contribution in [3.63, 3.8) is 0 Å². The summed E-state index contributed by atoms with van der Waals surface area (Å²) in [6, 6.07) is 7.69. The molecule has 0 amide bonds. The Labute approximate surface area is 106 Å². The van der Waals surface area contributed by atoms with Crippen LogP contribution in [0.1, 0.15) is 13.8 Å². The van der Waals surface area contributed by atoms with Gasteiger partial charge in [0.25, 0.3) is 0 Å². The highest BCUT2D eigenvalue weighted by molar-refractivity contribution is 7.54. The van der Waals surface area contributed by atoms with Gasteiger partial charge in [-0.25, -0.2) is 15.2 Å². The van der Waals surface area contributed by atoms with Gasteiger partial charge in [0.1, 0.15) is 11.8 Å². The van der Waals surface area contributed by atoms with Gasteiger partial charge in [0.2, 0.25) is 0 Å². The minimum Gasteiger partial charge on any atom is -0.465 e. The number of esters is 1. The van der Waals surface area contributed by atoms with Crippen LogP contribution in [0.2, 0.25) is 0 Å². The van der Waals surface area contributed by atoms with Crippen LogP contribution in [-0.2, 0) is 14.1 Å². The lowest BCUT2D eigenvalue weighted by atomic mass is 10.3. The van der Waals surface area contributed by atoms with E-state index >= 15 is 0 Å². The second-order valence-corrected chi connectivity index (χ2v) is 5.24. The van der Waals surface area contributed by atoms with Crippen molar-refractivity contribution in [2.75, 3.05) is 6.61 Å². The van der Waals surface area contributed by atoms with E-state index in [-0.39, 0.29) is 6.61 Å². The Morgan fingerprint density at radius 3 is 2.61 bits per heavy atom. The van der Waals surface area contributed by atoms with Gasteiger partial charge < -0.3 is 9.26 Å². The molecule has 1 aromatic carbocycles. The van der Waals surface area contributed by atoms with Crippen molar-refractivity contribution in [3.05, 3.63) is 30.3 Å². The molecule has 0 aromatic heterocycles. The molecule has 0 bridgehead atoms. The molecule has 0 aliphatic carbocycles. The predicted molar refractivity (Wildman–Crippen MR) is 68.1 cm³/mol. The third kappa shape index (κ3) is 4.87. The monoisotopic (exact) mass is 272 g/mol. The van der Waals surface area contributed by atoms with Crippen molar-refractivity contribution in [2.24, 2.45) is 5.50 Å². The Kier molecular flexibility index (Phi) is 5.34. The number of nitrogens with one attached hydrogen (secondary N) is 1.